The Morgan fingerprint density at radius 3 is 2.50 bits per heavy atom. The summed E-state index contributed by atoms with van der Waals surface area (Å²) >= 11 is 0. The highest BCUT2D eigenvalue weighted by molar-refractivity contribution is 5.25. The summed E-state index contributed by atoms with van der Waals surface area (Å²) in [6.45, 7) is 3.94. The zero-order valence-electron chi connectivity index (χ0n) is 9.48. The molecule has 2 nitrogen and oxygen atoms in total. The minimum Gasteiger partial charge on any atom is -0.309 e. The molecular formula is C14H16N2. The van der Waals surface area contributed by atoms with Gasteiger partial charge in [-0.05, 0) is 35.7 Å². The van der Waals surface area contributed by atoms with Crippen molar-refractivity contribution in [2.24, 2.45) is 0 Å². The third-order valence-corrected chi connectivity index (χ3v) is 2.66. The highest BCUT2D eigenvalue weighted by Gasteiger charge is 1.96. The summed E-state index contributed by atoms with van der Waals surface area (Å²) in [7, 11) is 0. The first kappa shape index (κ1) is 10.8. The van der Waals surface area contributed by atoms with Gasteiger partial charge in [0, 0.05) is 25.5 Å². The van der Waals surface area contributed by atoms with Gasteiger partial charge in [0.1, 0.15) is 0 Å². The Morgan fingerprint density at radius 1 is 1.00 bits per heavy atom. The molecule has 0 aliphatic carbocycles. The molecule has 0 saturated heterocycles. The molecule has 0 saturated carbocycles. The van der Waals surface area contributed by atoms with Crippen LogP contribution in [0.25, 0.3) is 0 Å². The summed E-state index contributed by atoms with van der Waals surface area (Å²) in [6.07, 6.45) is 3.65. The maximum Gasteiger partial charge on any atom is 0.0271 e. The molecule has 16 heavy (non-hydrogen) atoms. The van der Waals surface area contributed by atoms with E-state index in [4.69, 9.17) is 0 Å². The molecule has 0 aliphatic heterocycles. The van der Waals surface area contributed by atoms with Gasteiger partial charge in [-0.1, -0.05) is 24.3 Å². The lowest BCUT2D eigenvalue weighted by Gasteiger charge is -2.07. The van der Waals surface area contributed by atoms with Gasteiger partial charge in [-0.3, -0.25) is 4.98 Å². The smallest absolute Gasteiger partial charge is 0.0271 e. The Bertz CT molecular complexity index is 437. The van der Waals surface area contributed by atoms with Crippen molar-refractivity contribution in [1.82, 2.24) is 10.3 Å². The number of rotatable bonds is 4. The minimum absolute atomic E-state index is 0.886. The third kappa shape index (κ3) is 2.91. The van der Waals surface area contributed by atoms with E-state index in [1.165, 1.54) is 16.7 Å². The molecule has 1 N–H and O–H groups in total. The van der Waals surface area contributed by atoms with Gasteiger partial charge in [-0.25, -0.2) is 0 Å². The zero-order chi connectivity index (χ0) is 11.2. The van der Waals surface area contributed by atoms with Gasteiger partial charge >= 0.3 is 0 Å². The number of nitrogens with one attached hydrogen (secondary N) is 1. The molecule has 0 amide bonds. The van der Waals surface area contributed by atoms with Crippen LogP contribution in [0.4, 0.5) is 0 Å². The summed E-state index contributed by atoms with van der Waals surface area (Å²) in [6, 6.07) is 12.5. The monoisotopic (exact) mass is 212 g/mol. The van der Waals surface area contributed by atoms with Gasteiger partial charge in [0.05, 0.1) is 0 Å². The van der Waals surface area contributed by atoms with E-state index in [0.717, 1.165) is 13.1 Å². The number of pyridine rings is 1. The normalized spacial score (nSPS) is 10.3. The average molecular weight is 212 g/mol. The van der Waals surface area contributed by atoms with Crippen LogP contribution in [0.1, 0.15) is 16.7 Å². The molecule has 82 valence electrons. The summed E-state index contributed by atoms with van der Waals surface area (Å²) in [5, 5.41) is 3.43. The van der Waals surface area contributed by atoms with Gasteiger partial charge in [0.15, 0.2) is 0 Å². The van der Waals surface area contributed by atoms with Crippen LogP contribution in [-0.4, -0.2) is 4.98 Å². The van der Waals surface area contributed by atoms with E-state index in [1.54, 1.807) is 0 Å². The van der Waals surface area contributed by atoms with Gasteiger partial charge < -0.3 is 5.32 Å². The lowest BCUT2D eigenvalue weighted by atomic mass is 10.1. The molecule has 0 bridgehead atoms. The van der Waals surface area contributed by atoms with Crippen molar-refractivity contribution in [3.63, 3.8) is 0 Å². The van der Waals surface area contributed by atoms with Crippen LogP contribution in [0.5, 0.6) is 0 Å². The number of hydrogen-bond donors (Lipinski definition) is 1. The van der Waals surface area contributed by atoms with Crippen molar-refractivity contribution in [1.29, 1.82) is 0 Å². The van der Waals surface area contributed by atoms with Crippen molar-refractivity contribution in [2.45, 2.75) is 20.0 Å². The second-order valence-electron chi connectivity index (χ2n) is 3.89. The van der Waals surface area contributed by atoms with Crippen LogP contribution in [0.2, 0.25) is 0 Å². The lowest BCUT2D eigenvalue weighted by Crippen LogP contribution is -2.13. The standard InChI is InChI=1S/C14H16N2/c1-12-4-2-3-5-14(12)11-16-10-13-6-8-15-9-7-13/h2-9,16H,10-11H2,1H3. The maximum atomic E-state index is 4.00. The highest BCUT2D eigenvalue weighted by Crippen LogP contribution is 2.06. The Hall–Kier alpha value is -1.67. The number of aromatic nitrogens is 1. The maximum absolute atomic E-state index is 4.00. The molecule has 2 heteroatoms. The van der Waals surface area contributed by atoms with E-state index in [-0.39, 0.29) is 0 Å². The van der Waals surface area contributed by atoms with Crippen molar-refractivity contribution >= 4 is 0 Å². The van der Waals surface area contributed by atoms with Crippen molar-refractivity contribution < 1.29 is 0 Å². The number of nitrogens with zero attached hydrogens (tertiary/aromatic N) is 1. The van der Waals surface area contributed by atoms with E-state index < -0.39 is 0 Å². The Kier molecular flexibility index (Phi) is 3.67. The summed E-state index contributed by atoms with van der Waals surface area (Å²) in [5.41, 5.74) is 3.96. The second kappa shape index (κ2) is 5.42. The molecule has 0 atom stereocenters. The first-order valence-corrected chi connectivity index (χ1v) is 5.50. The minimum atomic E-state index is 0.886. The molecule has 0 fully saturated rings. The molecule has 1 aromatic heterocycles. The van der Waals surface area contributed by atoms with E-state index >= 15 is 0 Å². The number of hydrogen-bond acceptors (Lipinski definition) is 2. The Labute approximate surface area is 96.4 Å². The van der Waals surface area contributed by atoms with Gasteiger partial charge in [-0.2, -0.15) is 0 Å². The lowest BCUT2D eigenvalue weighted by molar-refractivity contribution is 0.690. The fraction of sp³-hybridized carbons (Fsp3) is 0.214. The first-order valence-electron chi connectivity index (χ1n) is 5.50. The molecule has 1 aromatic carbocycles. The molecule has 1 heterocycles. The largest absolute Gasteiger partial charge is 0.309 e. The molecule has 0 unspecified atom stereocenters. The van der Waals surface area contributed by atoms with E-state index in [1.807, 2.05) is 24.5 Å². The topological polar surface area (TPSA) is 24.9 Å². The quantitative estimate of drug-likeness (QED) is 0.842. The second-order valence-corrected chi connectivity index (χ2v) is 3.89. The zero-order valence-corrected chi connectivity index (χ0v) is 9.48. The average Bonchev–Trinajstić information content (AvgIpc) is 2.33. The molecule has 2 rings (SSSR count). The van der Waals surface area contributed by atoms with Gasteiger partial charge in [0.25, 0.3) is 0 Å². The molecule has 2 aromatic rings. The van der Waals surface area contributed by atoms with Crippen LogP contribution in [0.3, 0.4) is 0 Å². The van der Waals surface area contributed by atoms with Gasteiger partial charge in [0.2, 0.25) is 0 Å². The van der Waals surface area contributed by atoms with Crippen LogP contribution in [0.15, 0.2) is 48.8 Å². The number of aryl methyl sites for hydroxylation is 1. The molecular weight excluding hydrogens is 196 g/mol. The Morgan fingerprint density at radius 2 is 1.75 bits per heavy atom. The fourth-order valence-corrected chi connectivity index (χ4v) is 1.65. The molecule has 0 radical (unpaired) electrons. The summed E-state index contributed by atoms with van der Waals surface area (Å²) < 4.78 is 0. The van der Waals surface area contributed by atoms with Crippen LogP contribution >= 0.6 is 0 Å². The predicted molar refractivity (Wildman–Crippen MR) is 66.0 cm³/mol. The molecule has 0 aliphatic rings. The predicted octanol–water partition coefficient (Wildman–Crippen LogP) is 2.68. The van der Waals surface area contributed by atoms with Crippen LogP contribution < -0.4 is 5.32 Å². The number of benzene rings is 1. The van der Waals surface area contributed by atoms with E-state index in [9.17, 15) is 0 Å². The Balaban J connectivity index is 1.87. The summed E-state index contributed by atoms with van der Waals surface area (Å²) in [5.74, 6) is 0. The van der Waals surface area contributed by atoms with Crippen molar-refractivity contribution in [2.75, 3.05) is 0 Å². The van der Waals surface area contributed by atoms with Crippen molar-refractivity contribution in [3.8, 4) is 0 Å². The fourth-order valence-electron chi connectivity index (χ4n) is 1.65. The SMILES string of the molecule is Cc1ccccc1CNCc1ccncc1. The van der Waals surface area contributed by atoms with Crippen LogP contribution in [0, 0.1) is 6.92 Å². The highest BCUT2D eigenvalue weighted by atomic mass is 14.8. The molecule has 0 spiro atoms. The van der Waals surface area contributed by atoms with E-state index in [0.29, 0.717) is 0 Å². The van der Waals surface area contributed by atoms with Crippen LogP contribution in [-0.2, 0) is 13.1 Å². The van der Waals surface area contributed by atoms with Crippen molar-refractivity contribution in [3.05, 3.63) is 65.5 Å². The third-order valence-electron chi connectivity index (χ3n) is 2.66. The first-order chi connectivity index (χ1) is 7.86. The summed E-state index contributed by atoms with van der Waals surface area (Å²) in [4.78, 5) is 4.00. The van der Waals surface area contributed by atoms with E-state index in [2.05, 4.69) is 41.5 Å². The van der Waals surface area contributed by atoms with Gasteiger partial charge in [-0.15, -0.1) is 0 Å².